The van der Waals surface area contributed by atoms with E-state index in [1.165, 1.54) is 0 Å². The van der Waals surface area contributed by atoms with Crippen molar-refractivity contribution < 1.29 is 98.1 Å². The van der Waals surface area contributed by atoms with Crippen LogP contribution >= 0.6 is 0 Å². The van der Waals surface area contributed by atoms with Crippen LogP contribution in [0.5, 0.6) is 0 Å². The summed E-state index contributed by atoms with van der Waals surface area (Å²) in [5.74, 6) is -1.01. The molecule has 0 amide bonds. The maximum Gasteiger partial charge on any atom is 4.00 e. The van der Waals surface area contributed by atoms with Gasteiger partial charge in [-0.25, -0.2) is 0 Å². The molecular formula is C40H86O9Zr2. The average molecular weight is 894 g/mol. The van der Waals surface area contributed by atoms with Gasteiger partial charge < -0.3 is 45.6 Å². The van der Waals surface area contributed by atoms with E-state index < -0.39 is 11.4 Å². The van der Waals surface area contributed by atoms with Gasteiger partial charge in [0.25, 0.3) is 0 Å². The maximum atomic E-state index is 9.95. The van der Waals surface area contributed by atoms with Crippen LogP contribution in [0.4, 0.5) is 0 Å². The maximum absolute atomic E-state index is 9.95. The van der Waals surface area contributed by atoms with Gasteiger partial charge in [0, 0.05) is 11.4 Å². The molecule has 9 nitrogen and oxygen atoms in total. The number of hydrogen-bond acceptors (Lipinski definition) is 9. The SMILES string of the molecule is CC(C)(C)C(=O)[O-].CC(C)(C)C[O-].CC(C)(C)C[O-].CC(C)(C)C[O-].CC(C)(C)C[O-].CC(C)(C)C[O-].CC(C)(C)C[O-].CC(C)(C)C[O-].[Zr+4].[Zr+4]. The smallest absolute Gasteiger partial charge is 0.854 e. The fraction of sp³-hybridized carbons (Fsp3) is 0.975. The summed E-state index contributed by atoms with van der Waals surface area (Å²) in [7, 11) is 0. The van der Waals surface area contributed by atoms with Gasteiger partial charge in [-0.15, -0.1) is 46.2 Å². The van der Waals surface area contributed by atoms with Gasteiger partial charge in [0.15, 0.2) is 0 Å². The molecule has 0 saturated carbocycles. The zero-order chi connectivity index (χ0) is 42.5. The number of carbonyl (C=O) groups excluding carboxylic acids is 1. The Balaban J connectivity index is -0.0000000468. The summed E-state index contributed by atoms with van der Waals surface area (Å²) in [6.07, 6.45) is 0. The van der Waals surface area contributed by atoms with E-state index in [1.807, 2.05) is 145 Å². The molecule has 0 fully saturated rings. The van der Waals surface area contributed by atoms with E-state index in [0.717, 1.165) is 0 Å². The summed E-state index contributed by atoms with van der Waals surface area (Å²) < 4.78 is 0. The molecule has 0 unspecified atom stereocenters. The number of carboxylic acids is 1. The first-order chi connectivity index (χ1) is 20.9. The third-order valence-corrected chi connectivity index (χ3v) is 3.64. The minimum Gasteiger partial charge on any atom is -0.854 e. The molecule has 0 spiro atoms. The van der Waals surface area contributed by atoms with Gasteiger partial charge in [-0.05, 0) is 0 Å². The van der Waals surface area contributed by atoms with Crippen molar-refractivity contribution in [3.05, 3.63) is 0 Å². The van der Waals surface area contributed by atoms with Crippen LogP contribution in [0.2, 0.25) is 0 Å². The summed E-state index contributed by atoms with van der Waals surface area (Å²) in [4.78, 5) is 9.91. The summed E-state index contributed by atoms with van der Waals surface area (Å²) in [5.41, 5.74) is -0.792. The third-order valence-electron chi connectivity index (χ3n) is 3.64. The Bertz CT molecular complexity index is 552. The standard InChI is InChI=1S/C5H10O2.7C5H11O.2Zr/c1-5(2,3)4(6)7;7*1-5(2,3)4-6;;/h1-3H3,(H,6,7);7*4H2,1-3H3;;/q;7*-1;2*+4/p-1. The number of carboxylic acid groups (broad SMARTS) is 1. The quantitative estimate of drug-likeness (QED) is 0.351. The number of carbonyl (C=O) groups is 1. The Labute approximate surface area is 357 Å². The minimum absolute atomic E-state index is 0. The molecule has 0 heterocycles. The summed E-state index contributed by atoms with van der Waals surface area (Å²) in [5, 5.41) is 79.6. The molecular weight excluding hydrogens is 807 g/mol. The second kappa shape index (κ2) is 36.6. The Morgan fingerprint density at radius 3 is 0.333 bits per heavy atom. The van der Waals surface area contributed by atoms with Crippen molar-refractivity contribution >= 4 is 5.97 Å². The van der Waals surface area contributed by atoms with Crippen molar-refractivity contribution in [3.8, 4) is 0 Å². The molecule has 0 rings (SSSR count). The van der Waals surface area contributed by atoms with Crippen LogP contribution in [0, 0.1) is 43.3 Å². The molecule has 0 aliphatic heterocycles. The molecule has 0 atom stereocenters. The first-order valence-corrected chi connectivity index (χ1v) is 17.2. The van der Waals surface area contributed by atoms with Crippen LogP contribution in [0.15, 0.2) is 0 Å². The second-order valence-electron chi connectivity index (χ2n) is 21.5. The van der Waals surface area contributed by atoms with Gasteiger partial charge in [0.1, 0.15) is 0 Å². The summed E-state index contributed by atoms with van der Waals surface area (Å²) >= 11 is 0. The molecule has 0 aromatic carbocycles. The average Bonchev–Trinajstić information content (AvgIpc) is 2.87. The second-order valence-corrected chi connectivity index (χ2v) is 21.5. The number of aliphatic carboxylic acids is 1. The van der Waals surface area contributed by atoms with Crippen LogP contribution in [0.3, 0.4) is 0 Å². The van der Waals surface area contributed by atoms with Crippen molar-refractivity contribution in [1.82, 2.24) is 0 Å². The van der Waals surface area contributed by atoms with E-state index in [-0.39, 0.29) is 137 Å². The Morgan fingerprint density at radius 2 is 0.333 bits per heavy atom. The predicted octanol–water partition coefficient (Wildman–Crippen LogP) is 2.53. The fourth-order valence-electron chi connectivity index (χ4n) is 0. The number of hydrogen-bond donors (Lipinski definition) is 0. The van der Waals surface area contributed by atoms with E-state index in [2.05, 4.69) is 0 Å². The summed E-state index contributed by atoms with van der Waals surface area (Å²) in [6.45, 7) is 45.5. The van der Waals surface area contributed by atoms with E-state index in [9.17, 15) is 45.6 Å². The molecule has 0 aromatic rings. The van der Waals surface area contributed by atoms with Gasteiger partial charge >= 0.3 is 52.4 Å². The van der Waals surface area contributed by atoms with Crippen LogP contribution in [-0.4, -0.2) is 52.2 Å². The Hall–Kier alpha value is 0.956. The largest absolute Gasteiger partial charge is 4.00 e. The van der Waals surface area contributed by atoms with Gasteiger partial charge in [0.05, 0.1) is 0 Å². The topological polar surface area (TPSA) is 202 Å². The molecule has 0 aromatic heterocycles. The fourth-order valence-corrected chi connectivity index (χ4v) is 0. The van der Waals surface area contributed by atoms with Crippen molar-refractivity contribution in [2.24, 2.45) is 43.3 Å². The molecule has 51 heavy (non-hydrogen) atoms. The van der Waals surface area contributed by atoms with Gasteiger partial charge in [-0.2, -0.15) is 0 Å². The molecule has 0 saturated heterocycles. The monoisotopic (exact) mass is 890 g/mol. The molecule has 308 valence electrons. The van der Waals surface area contributed by atoms with Crippen LogP contribution < -0.4 is 40.9 Å². The van der Waals surface area contributed by atoms with E-state index >= 15 is 0 Å². The van der Waals surface area contributed by atoms with Gasteiger partial charge in [-0.3, -0.25) is 0 Å². The molecule has 0 radical (unpaired) electrons. The molecule has 0 bridgehead atoms. The Morgan fingerprint density at radius 1 is 0.294 bits per heavy atom. The van der Waals surface area contributed by atoms with Gasteiger partial charge in [0.2, 0.25) is 0 Å². The zero-order valence-corrected chi connectivity index (χ0v) is 43.0. The van der Waals surface area contributed by atoms with Gasteiger partial charge in [-0.1, -0.05) is 204 Å². The molecule has 0 N–H and O–H groups in total. The number of rotatable bonds is 0. The van der Waals surface area contributed by atoms with E-state index in [0.29, 0.717) is 0 Å². The van der Waals surface area contributed by atoms with Crippen LogP contribution in [0.25, 0.3) is 0 Å². The van der Waals surface area contributed by atoms with Crippen molar-refractivity contribution in [2.45, 2.75) is 166 Å². The van der Waals surface area contributed by atoms with Crippen molar-refractivity contribution in [3.63, 3.8) is 0 Å². The molecule has 0 aliphatic rings. The summed E-state index contributed by atoms with van der Waals surface area (Å²) in [6, 6.07) is 0. The zero-order valence-electron chi connectivity index (χ0n) is 38.1. The molecule has 0 aliphatic carbocycles. The normalized spacial score (nSPS) is 11.4. The molecule has 11 heteroatoms. The first kappa shape index (κ1) is 76.6. The van der Waals surface area contributed by atoms with Crippen molar-refractivity contribution in [1.29, 1.82) is 0 Å². The Kier molecular flexibility index (Phi) is 55.0. The van der Waals surface area contributed by atoms with Crippen molar-refractivity contribution in [2.75, 3.05) is 46.2 Å². The first-order valence-electron chi connectivity index (χ1n) is 17.2. The van der Waals surface area contributed by atoms with E-state index in [4.69, 9.17) is 0 Å². The van der Waals surface area contributed by atoms with Crippen LogP contribution in [-0.2, 0) is 57.2 Å². The minimum atomic E-state index is -1.01. The third kappa shape index (κ3) is 156. The predicted molar refractivity (Wildman–Crippen MR) is 195 cm³/mol. The van der Waals surface area contributed by atoms with E-state index in [1.54, 1.807) is 20.8 Å². The van der Waals surface area contributed by atoms with Crippen LogP contribution in [0.1, 0.15) is 166 Å².